The lowest BCUT2D eigenvalue weighted by molar-refractivity contribution is -0.385. The Kier molecular flexibility index (Phi) is 7.13. The zero-order chi connectivity index (χ0) is 21.6. The predicted molar refractivity (Wildman–Crippen MR) is 106 cm³/mol. The summed E-state index contributed by atoms with van der Waals surface area (Å²) in [6, 6.07) is 8.65. The molecule has 1 atom stereocenters. The van der Waals surface area contributed by atoms with E-state index in [1.54, 1.807) is 32.9 Å². The van der Waals surface area contributed by atoms with Crippen molar-refractivity contribution in [2.24, 2.45) is 11.0 Å². The lowest BCUT2D eigenvalue weighted by Crippen LogP contribution is -2.48. The molecule has 0 saturated carbocycles. The summed E-state index contributed by atoms with van der Waals surface area (Å²) in [6.45, 7) is 5.13. The van der Waals surface area contributed by atoms with Crippen molar-refractivity contribution in [3.8, 4) is 0 Å². The Balaban J connectivity index is 2.05. The van der Waals surface area contributed by atoms with Gasteiger partial charge < -0.3 is 5.32 Å². The molecule has 2 amide bonds. The van der Waals surface area contributed by atoms with Crippen LogP contribution in [0.1, 0.15) is 35.3 Å². The van der Waals surface area contributed by atoms with Crippen LogP contribution in [0.25, 0.3) is 0 Å². The van der Waals surface area contributed by atoms with Crippen LogP contribution in [0.15, 0.2) is 47.6 Å². The average Bonchev–Trinajstić information content (AvgIpc) is 2.67. The van der Waals surface area contributed by atoms with E-state index in [0.717, 1.165) is 12.1 Å². The minimum atomic E-state index is -0.878. The van der Waals surface area contributed by atoms with Gasteiger partial charge in [-0.05, 0) is 37.1 Å². The number of halogens is 1. The normalized spacial score (nSPS) is 12.0. The molecule has 2 rings (SSSR count). The Hall–Kier alpha value is -3.62. The monoisotopic (exact) mass is 400 g/mol. The third-order valence-electron chi connectivity index (χ3n) is 4.16. The van der Waals surface area contributed by atoms with E-state index in [0.29, 0.717) is 11.1 Å². The van der Waals surface area contributed by atoms with E-state index in [1.807, 2.05) is 0 Å². The standard InChI is InChI=1S/C20H21FN4O4/c1-12(2)18(23-19(26)15-6-8-16(21)9-7-15)20(27)24-22-11-14-5-4-13(3)17(10-14)25(28)29/h4-12,18H,1-3H3,(H,23,26)(H,24,27)/b22-11+. The maximum absolute atomic E-state index is 13.0. The van der Waals surface area contributed by atoms with E-state index in [4.69, 9.17) is 0 Å². The van der Waals surface area contributed by atoms with Crippen molar-refractivity contribution in [2.75, 3.05) is 0 Å². The van der Waals surface area contributed by atoms with E-state index >= 15 is 0 Å². The van der Waals surface area contributed by atoms with Crippen molar-refractivity contribution in [1.82, 2.24) is 10.7 Å². The summed E-state index contributed by atoms with van der Waals surface area (Å²) in [4.78, 5) is 35.2. The number of carbonyl (C=O) groups is 2. The number of nitro groups is 1. The van der Waals surface area contributed by atoms with Crippen molar-refractivity contribution in [3.05, 3.63) is 75.1 Å². The van der Waals surface area contributed by atoms with Gasteiger partial charge in [-0.25, -0.2) is 9.82 Å². The molecule has 0 aliphatic rings. The number of rotatable bonds is 7. The van der Waals surface area contributed by atoms with Crippen LogP contribution in [0.2, 0.25) is 0 Å². The summed E-state index contributed by atoms with van der Waals surface area (Å²) in [7, 11) is 0. The van der Waals surface area contributed by atoms with Crippen LogP contribution < -0.4 is 10.7 Å². The fourth-order valence-corrected chi connectivity index (χ4v) is 2.50. The first-order chi connectivity index (χ1) is 13.7. The lowest BCUT2D eigenvalue weighted by atomic mass is 10.0. The highest BCUT2D eigenvalue weighted by Gasteiger charge is 2.24. The van der Waals surface area contributed by atoms with E-state index in [-0.39, 0.29) is 17.2 Å². The molecule has 2 N–H and O–H groups in total. The number of hydrogen-bond acceptors (Lipinski definition) is 5. The quantitative estimate of drug-likeness (QED) is 0.422. The van der Waals surface area contributed by atoms with Crippen molar-refractivity contribution in [1.29, 1.82) is 0 Å². The summed E-state index contributed by atoms with van der Waals surface area (Å²) in [5, 5.41) is 17.4. The summed E-state index contributed by atoms with van der Waals surface area (Å²) in [5.74, 6) is -1.77. The molecule has 8 nitrogen and oxygen atoms in total. The molecule has 0 aliphatic carbocycles. The SMILES string of the molecule is Cc1ccc(/C=N/NC(=O)C(NC(=O)c2ccc(F)cc2)C(C)C)cc1[N+](=O)[O-]. The Morgan fingerprint density at radius 3 is 2.41 bits per heavy atom. The van der Waals surface area contributed by atoms with Crippen molar-refractivity contribution < 1.29 is 18.9 Å². The van der Waals surface area contributed by atoms with Crippen LogP contribution in [0, 0.1) is 28.8 Å². The highest BCUT2D eigenvalue weighted by molar-refractivity contribution is 5.97. The van der Waals surface area contributed by atoms with Gasteiger partial charge in [-0.15, -0.1) is 0 Å². The fourth-order valence-electron chi connectivity index (χ4n) is 2.50. The molecule has 0 spiro atoms. The van der Waals surface area contributed by atoms with Gasteiger partial charge in [0.05, 0.1) is 11.1 Å². The van der Waals surface area contributed by atoms with Crippen LogP contribution in [-0.4, -0.2) is 29.0 Å². The second kappa shape index (κ2) is 9.54. The molecule has 0 fully saturated rings. The van der Waals surface area contributed by atoms with Crippen LogP contribution in [0.4, 0.5) is 10.1 Å². The van der Waals surface area contributed by atoms with E-state index in [1.165, 1.54) is 24.4 Å². The first-order valence-electron chi connectivity index (χ1n) is 8.83. The maximum Gasteiger partial charge on any atom is 0.272 e. The van der Waals surface area contributed by atoms with Crippen molar-refractivity contribution in [3.63, 3.8) is 0 Å². The fraction of sp³-hybridized carbons (Fsp3) is 0.250. The number of hydrazone groups is 1. The molecule has 0 bridgehead atoms. The highest BCUT2D eigenvalue weighted by atomic mass is 19.1. The van der Waals surface area contributed by atoms with E-state index in [9.17, 15) is 24.1 Å². The van der Waals surface area contributed by atoms with Gasteiger partial charge in [-0.3, -0.25) is 19.7 Å². The molecule has 9 heteroatoms. The van der Waals surface area contributed by atoms with Crippen LogP contribution in [-0.2, 0) is 4.79 Å². The van der Waals surface area contributed by atoms with Gasteiger partial charge in [-0.1, -0.05) is 26.0 Å². The number of benzene rings is 2. The van der Waals surface area contributed by atoms with Gasteiger partial charge in [0.1, 0.15) is 11.9 Å². The Morgan fingerprint density at radius 2 is 1.83 bits per heavy atom. The smallest absolute Gasteiger partial charge is 0.272 e. The third kappa shape index (κ3) is 5.93. The topological polar surface area (TPSA) is 114 Å². The molecule has 0 radical (unpaired) electrons. The largest absolute Gasteiger partial charge is 0.340 e. The number of carbonyl (C=O) groups excluding carboxylic acids is 2. The van der Waals surface area contributed by atoms with Gasteiger partial charge in [0, 0.05) is 22.8 Å². The number of nitrogens with one attached hydrogen (secondary N) is 2. The molecule has 152 valence electrons. The molecule has 0 saturated heterocycles. The van der Waals surface area contributed by atoms with E-state index < -0.39 is 28.6 Å². The molecule has 29 heavy (non-hydrogen) atoms. The van der Waals surface area contributed by atoms with Crippen LogP contribution >= 0.6 is 0 Å². The average molecular weight is 400 g/mol. The van der Waals surface area contributed by atoms with Gasteiger partial charge in [0.15, 0.2) is 0 Å². The molecule has 2 aromatic carbocycles. The highest BCUT2D eigenvalue weighted by Crippen LogP contribution is 2.18. The Labute approximate surface area is 167 Å². The molecule has 2 aromatic rings. The number of nitrogens with zero attached hydrogens (tertiary/aromatic N) is 2. The molecule has 0 aliphatic heterocycles. The predicted octanol–water partition coefficient (Wildman–Crippen LogP) is 2.95. The third-order valence-corrected chi connectivity index (χ3v) is 4.16. The number of amides is 2. The maximum atomic E-state index is 13.0. The summed E-state index contributed by atoms with van der Waals surface area (Å²) < 4.78 is 13.0. The lowest BCUT2D eigenvalue weighted by Gasteiger charge is -2.20. The molecular weight excluding hydrogens is 379 g/mol. The first-order valence-corrected chi connectivity index (χ1v) is 8.83. The number of nitro benzene ring substituents is 1. The first kappa shape index (κ1) is 21.7. The molecule has 1 unspecified atom stereocenters. The summed E-state index contributed by atoms with van der Waals surface area (Å²) in [5.41, 5.74) is 3.46. The molecule has 0 heterocycles. The van der Waals surface area contributed by atoms with Gasteiger partial charge >= 0.3 is 0 Å². The van der Waals surface area contributed by atoms with Gasteiger partial charge in [0.2, 0.25) is 0 Å². The van der Waals surface area contributed by atoms with E-state index in [2.05, 4.69) is 15.8 Å². The minimum absolute atomic E-state index is 0.0492. The zero-order valence-electron chi connectivity index (χ0n) is 16.2. The molecular formula is C20H21FN4O4. The summed E-state index contributed by atoms with van der Waals surface area (Å²) in [6.07, 6.45) is 1.28. The Bertz CT molecular complexity index is 942. The summed E-state index contributed by atoms with van der Waals surface area (Å²) >= 11 is 0. The van der Waals surface area contributed by atoms with Crippen molar-refractivity contribution >= 4 is 23.7 Å². The molecule has 0 aromatic heterocycles. The van der Waals surface area contributed by atoms with Gasteiger partial charge in [-0.2, -0.15) is 5.10 Å². The van der Waals surface area contributed by atoms with Crippen LogP contribution in [0.3, 0.4) is 0 Å². The second-order valence-electron chi connectivity index (χ2n) is 6.74. The number of aryl methyl sites for hydroxylation is 1. The minimum Gasteiger partial charge on any atom is -0.340 e. The number of hydrogen-bond donors (Lipinski definition) is 2. The zero-order valence-corrected chi connectivity index (χ0v) is 16.2. The van der Waals surface area contributed by atoms with Gasteiger partial charge in [0.25, 0.3) is 17.5 Å². The van der Waals surface area contributed by atoms with Crippen LogP contribution in [0.5, 0.6) is 0 Å². The second-order valence-corrected chi connectivity index (χ2v) is 6.74. The Morgan fingerprint density at radius 1 is 1.17 bits per heavy atom. The van der Waals surface area contributed by atoms with Crippen molar-refractivity contribution in [2.45, 2.75) is 26.8 Å².